The molecule has 60 valence electrons. The van der Waals surface area contributed by atoms with Crippen LogP contribution in [0.3, 0.4) is 0 Å². The number of hydrogen-bond acceptors (Lipinski definition) is 2. The van der Waals surface area contributed by atoms with Crippen LogP contribution in [0.15, 0.2) is 0 Å². The van der Waals surface area contributed by atoms with Crippen LogP contribution < -0.4 is 0 Å². The van der Waals surface area contributed by atoms with Gasteiger partial charge >= 0.3 is 0 Å². The van der Waals surface area contributed by atoms with E-state index in [-0.39, 0.29) is 6.10 Å². The van der Waals surface area contributed by atoms with Crippen LogP contribution in [0.5, 0.6) is 0 Å². The van der Waals surface area contributed by atoms with E-state index in [1.165, 1.54) is 19.3 Å². The molecular weight excluding hydrogens is 196 g/mol. The molecule has 0 bridgehead atoms. The molecule has 0 radical (unpaired) electrons. The van der Waals surface area contributed by atoms with Crippen LogP contribution in [-0.4, -0.2) is 29.3 Å². The van der Waals surface area contributed by atoms with Crippen LogP contribution in [0.2, 0.25) is 0 Å². The van der Waals surface area contributed by atoms with Crippen LogP contribution in [0.25, 0.3) is 0 Å². The van der Waals surface area contributed by atoms with Gasteiger partial charge in [-0.25, -0.2) is 0 Å². The summed E-state index contributed by atoms with van der Waals surface area (Å²) >= 11 is 3.17. The van der Waals surface area contributed by atoms with Gasteiger partial charge in [0, 0.05) is 5.33 Å². The van der Waals surface area contributed by atoms with Gasteiger partial charge in [0.1, 0.15) is 0 Å². The molecule has 1 aliphatic carbocycles. The summed E-state index contributed by atoms with van der Waals surface area (Å²) in [6, 6.07) is 0. The van der Waals surface area contributed by atoms with Gasteiger partial charge in [-0.05, 0) is 19.3 Å². The van der Waals surface area contributed by atoms with Crippen molar-refractivity contribution in [1.29, 1.82) is 0 Å². The minimum absolute atomic E-state index is 0.333. The molecule has 0 saturated heterocycles. The first-order valence-corrected chi connectivity index (χ1v) is 4.80. The van der Waals surface area contributed by atoms with Gasteiger partial charge in [0.05, 0.1) is 18.8 Å². The summed E-state index contributed by atoms with van der Waals surface area (Å²) < 4.78 is 5.35. The van der Waals surface area contributed by atoms with Gasteiger partial charge < -0.3 is 9.84 Å². The first-order valence-electron chi connectivity index (χ1n) is 3.68. The van der Waals surface area contributed by atoms with Gasteiger partial charge in [0.15, 0.2) is 0 Å². The predicted molar refractivity (Wildman–Crippen MR) is 43.4 cm³/mol. The molecule has 1 saturated carbocycles. The number of ether oxygens (including phenoxy) is 1. The maximum absolute atomic E-state index is 9.05. The highest BCUT2D eigenvalue weighted by atomic mass is 79.9. The van der Waals surface area contributed by atoms with Crippen molar-refractivity contribution in [1.82, 2.24) is 0 Å². The fourth-order valence-electron chi connectivity index (χ4n) is 0.829. The lowest BCUT2D eigenvalue weighted by Gasteiger charge is -2.26. The highest BCUT2D eigenvalue weighted by molar-refractivity contribution is 9.09. The zero-order chi connectivity index (χ0) is 7.40. The van der Waals surface area contributed by atoms with E-state index in [1.54, 1.807) is 0 Å². The summed E-state index contributed by atoms with van der Waals surface area (Å²) in [5.41, 5.74) is 0. The molecule has 2 nitrogen and oxygen atoms in total. The van der Waals surface area contributed by atoms with E-state index in [4.69, 9.17) is 9.84 Å². The van der Waals surface area contributed by atoms with Crippen LogP contribution >= 0.6 is 15.9 Å². The van der Waals surface area contributed by atoms with Crippen LogP contribution in [0.1, 0.15) is 19.3 Å². The summed E-state index contributed by atoms with van der Waals surface area (Å²) in [7, 11) is 0. The molecule has 0 aromatic heterocycles. The Kier molecular flexibility index (Phi) is 3.66. The largest absolute Gasteiger partial charge is 0.390 e. The van der Waals surface area contributed by atoms with E-state index in [0.717, 1.165) is 0 Å². The van der Waals surface area contributed by atoms with E-state index in [2.05, 4.69) is 15.9 Å². The second kappa shape index (κ2) is 4.31. The number of halogens is 1. The van der Waals surface area contributed by atoms with Crippen molar-refractivity contribution in [3.05, 3.63) is 0 Å². The maximum atomic E-state index is 9.05. The lowest BCUT2D eigenvalue weighted by molar-refractivity contribution is -0.0353. The quantitative estimate of drug-likeness (QED) is 0.707. The second-order valence-electron chi connectivity index (χ2n) is 2.69. The summed E-state index contributed by atoms with van der Waals surface area (Å²) in [5.74, 6) is 0. The van der Waals surface area contributed by atoms with E-state index in [9.17, 15) is 0 Å². The normalized spacial score (nSPS) is 22.2. The fraction of sp³-hybridized carbons (Fsp3) is 1.00. The van der Waals surface area contributed by atoms with E-state index in [1.807, 2.05) is 0 Å². The molecule has 0 spiro atoms. The smallest absolute Gasteiger partial charge is 0.0870 e. The van der Waals surface area contributed by atoms with Crippen LogP contribution in [0, 0.1) is 0 Å². The number of aliphatic hydroxyl groups is 1. The SMILES string of the molecule is OC(CBr)COC1CCC1. The summed E-state index contributed by atoms with van der Waals surface area (Å²) in [4.78, 5) is 0. The molecule has 0 aliphatic heterocycles. The Bertz CT molecular complexity index is 88.9. The highest BCUT2D eigenvalue weighted by Gasteiger charge is 2.18. The van der Waals surface area contributed by atoms with Gasteiger partial charge in [-0.1, -0.05) is 15.9 Å². The molecule has 1 unspecified atom stereocenters. The number of rotatable bonds is 4. The average Bonchev–Trinajstić information content (AvgIpc) is 1.84. The minimum Gasteiger partial charge on any atom is -0.390 e. The molecule has 0 amide bonds. The molecule has 1 aliphatic rings. The average molecular weight is 209 g/mol. The number of hydrogen-bond donors (Lipinski definition) is 1. The van der Waals surface area contributed by atoms with Gasteiger partial charge in [-0.2, -0.15) is 0 Å². The Hall–Kier alpha value is 0.400. The van der Waals surface area contributed by atoms with E-state index >= 15 is 0 Å². The molecule has 3 heteroatoms. The van der Waals surface area contributed by atoms with Crippen molar-refractivity contribution in [3.63, 3.8) is 0 Å². The molecule has 1 fully saturated rings. The maximum Gasteiger partial charge on any atom is 0.0870 e. The Balaban J connectivity index is 1.93. The monoisotopic (exact) mass is 208 g/mol. The van der Waals surface area contributed by atoms with Crippen molar-refractivity contribution in [2.45, 2.75) is 31.5 Å². The highest BCUT2D eigenvalue weighted by Crippen LogP contribution is 2.21. The Morgan fingerprint density at radius 2 is 2.30 bits per heavy atom. The molecule has 1 N–H and O–H groups in total. The molecule has 0 aromatic carbocycles. The molecule has 10 heavy (non-hydrogen) atoms. The Morgan fingerprint density at radius 3 is 2.70 bits per heavy atom. The zero-order valence-electron chi connectivity index (χ0n) is 5.92. The molecule has 0 aromatic rings. The third-order valence-corrected chi connectivity index (χ3v) is 2.50. The molecular formula is C7H13BrO2. The molecule has 1 atom stereocenters. The Morgan fingerprint density at radius 1 is 1.60 bits per heavy atom. The third kappa shape index (κ3) is 2.56. The first-order chi connectivity index (χ1) is 4.83. The zero-order valence-corrected chi connectivity index (χ0v) is 7.51. The van der Waals surface area contributed by atoms with E-state index < -0.39 is 0 Å². The van der Waals surface area contributed by atoms with Gasteiger partial charge in [-0.3, -0.25) is 0 Å². The predicted octanol–water partition coefficient (Wildman–Crippen LogP) is 1.31. The Labute approximate surface area is 69.7 Å². The topological polar surface area (TPSA) is 29.5 Å². The third-order valence-electron chi connectivity index (χ3n) is 1.75. The standard InChI is InChI=1S/C7H13BrO2/c8-4-6(9)5-10-7-2-1-3-7/h6-7,9H,1-5H2. The second-order valence-corrected chi connectivity index (χ2v) is 3.34. The minimum atomic E-state index is -0.333. The van der Waals surface area contributed by atoms with Crippen LogP contribution in [-0.2, 0) is 4.74 Å². The van der Waals surface area contributed by atoms with Gasteiger partial charge in [-0.15, -0.1) is 0 Å². The summed E-state index contributed by atoms with van der Waals surface area (Å²) in [6.07, 6.45) is 3.74. The van der Waals surface area contributed by atoms with Crippen molar-refractivity contribution in [3.8, 4) is 0 Å². The number of alkyl halides is 1. The van der Waals surface area contributed by atoms with Crippen LogP contribution in [0.4, 0.5) is 0 Å². The van der Waals surface area contributed by atoms with Crippen molar-refractivity contribution in [2.75, 3.05) is 11.9 Å². The van der Waals surface area contributed by atoms with Gasteiger partial charge in [0.2, 0.25) is 0 Å². The number of aliphatic hydroxyl groups excluding tert-OH is 1. The summed E-state index contributed by atoms with van der Waals surface area (Å²) in [5, 5.41) is 9.67. The lowest BCUT2D eigenvalue weighted by Crippen LogP contribution is -2.27. The van der Waals surface area contributed by atoms with Crippen molar-refractivity contribution in [2.24, 2.45) is 0 Å². The van der Waals surface area contributed by atoms with Gasteiger partial charge in [0.25, 0.3) is 0 Å². The van der Waals surface area contributed by atoms with Crippen molar-refractivity contribution < 1.29 is 9.84 Å². The molecule has 0 heterocycles. The summed E-state index contributed by atoms with van der Waals surface area (Å²) in [6.45, 7) is 0.482. The first kappa shape index (κ1) is 8.50. The fourth-order valence-corrected chi connectivity index (χ4v) is 1.02. The lowest BCUT2D eigenvalue weighted by atomic mass is 9.96. The van der Waals surface area contributed by atoms with E-state index in [0.29, 0.717) is 18.0 Å². The van der Waals surface area contributed by atoms with Crippen molar-refractivity contribution >= 4 is 15.9 Å². The molecule has 1 rings (SSSR count).